The summed E-state index contributed by atoms with van der Waals surface area (Å²) in [6, 6.07) is 19.0. The summed E-state index contributed by atoms with van der Waals surface area (Å²) in [6.45, 7) is 5.75. The van der Waals surface area contributed by atoms with Crippen molar-refractivity contribution in [2.45, 2.75) is 64.3 Å². The molecule has 0 spiro atoms. The second-order valence-corrected chi connectivity index (χ2v) is 13.1. The lowest BCUT2D eigenvalue weighted by molar-refractivity contribution is -0.142. The van der Waals surface area contributed by atoms with Crippen LogP contribution >= 0.6 is 11.6 Å². The number of anilines is 1. The highest BCUT2D eigenvalue weighted by atomic mass is 35.5. The van der Waals surface area contributed by atoms with E-state index in [-0.39, 0.29) is 30.7 Å². The third-order valence-corrected chi connectivity index (χ3v) is 8.13. The largest absolute Gasteiger partial charge is 0.507 e. The summed E-state index contributed by atoms with van der Waals surface area (Å²) in [7, 11) is 0. The van der Waals surface area contributed by atoms with Gasteiger partial charge in [0.1, 0.15) is 29.1 Å². The molecule has 1 aromatic heterocycles. The van der Waals surface area contributed by atoms with Crippen LogP contribution in [-0.2, 0) is 20.9 Å². The summed E-state index contributed by atoms with van der Waals surface area (Å²) in [5.41, 5.74) is 2.76. The topological polar surface area (TPSA) is 146 Å². The first-order valence-corrected chi connectivity index (χ1v) is 16.2. The first-order valence-electron chi connectivity index (χ1n) is 15.9. The molecule has 12 heteroatoms. The van der Waals surface area contributed by atoms with E-state index in [0.29, 0.717) is 46.1 Å². The minimum absolute atomic E-state index is 0.0150. The zero-order chi connectivity index (χ0) is 34.4. The van der Waals surface area contributed by atoms with Crippen molar-refractivity contribution in [3.8, 4) is 28.1 Å². The van der Waals surface area contributed by atoms with Crippen molar-refractivity contribution in [1.29, 1.82) is 0 Å². The van der Waals surface area contributed by atoms with Crippen LogP contribution in [0.2, 0.25) is 5.02 Å². The lowest BCUT2D eigenvalue weighted by Crippen LogP contribution is -2.53. The predicted octanol–water partition coefficient (Wildman–Crippen LogP) is 6.15. The van der Waals surface area contributed by atoms with Gasteiger partial charge >= 0.3 is 6.09 Å². The highest BCUT2D eigenvalue weighted by Crippen LogP contribution is 2.38. The number of alkyl carbamates (subject to hydrolysis) is 1. The zero-order valence-electron chi connectivity index (χ0n) is 27.1. The molecule has 0 aliphatic carbocycles. The van der Waals surface area contributed by atoms with Gasteiger partial charge in [-0.25, -0.2) is 4.79 Å². The molecule has 252 valence electrons. The molecule has 48 heavy (non-hydrogen) atoms. The number of phenolic OH excluding ortho intramolecular Hbond substituents is 1. The minimum Gasteiger partial charge on any atom is -0.507 e. The number of ether oxygens (including phenoxy) is 1. The number of halogens is 1. The van der Waals surface area contributed by atoms with Gasteiger partial charge in [-0.05, 0) is 81.5 Å². The molecule has 4 N–H and O–H groups in total. The molecule has 0 bridgehead atoms. The number of carbonyl (C=O) groups is 3. The highest BCUT2D eigenvalue weighted by Gasteiger charge is 2.37. The van der Waals surface area contributed by atoms with Crippen LogP contribution in [0.3, 0.4) is 0 Å². The van der Waals surface area contributed by atoms with Gasteiger partial charge in [-0.3, -0.25) is 14.3 Å². The summed E-state index contributed by atoms with van der Waals surface area (Å²) in [6.07, 6.45) is 3.03. The number of phenols is 1. The molecular weight excluding hydrogens is 634 g/mol. The third-order valence-electron chi connectivity index (χ3n) is 7.90. The highest BCUT2D eigenvalue weighted by molar-refractivity contribution is 6.31. The lowest BCUT2D eigenvalue weighted by atomic mass is 9.97. The molecule has 5 rings (SSSR count). The van der Waals surface area contributed by atoms with E-state index >= 15 is 0 Å². The Morgan fingerprint density at radius 1 is 1.02 bits per heavy atom. The van der Waals surface area contributed by atoms with Crippen LogP contribution in [0.4, 0.5) is 10.5 Å². The van der Waals surface area contributed by atoms with Crippen LogP contribution < -0.4 is 10.6 Å². The van der Waals surface area contributed by atoms with Crippen molar-refractivity contribution in [1.82, 2.24) is 20.0 Å². The predicted molar refractivity (Wildman–Crippen MR) is 183 cm³/mol. The van der Waals surface area contributed by atoms with Crippen LogP contribution in [-0.4, -0.2) is 67.6 Å². The molecule has 1 fully saturated rings. The fourth-order valence-electron chi connectivity index (χ4n) is 5.70. The first-order chi connectivity index (χ1) is 22.9. The quantitative estimate of drug-likeness (QED) is 0.167. The summed E-state index contributed by atoms with van der Waals surface area (Å²) in [5, 5.41) is 30.7. The van der Waals surface area contributed by atoms with Crippen LogP contribution in [0.15, 0.2) is 79.0 Å². The smallest absolute Gasteiger partial charge is 0.408 e. The molecule has 2 atom stereocenters. The Balaban J connectivity index is 1.36. The molecule has 0 radical (unpaired) electrons. The van der Waals surface area contributed by atoms with Gasteiger partial charge in [0.05, 0.1) is 13.2 Å². The van der Waals surface area contributed by atoms with Crippen LogP contribution in [0.5, 0.6) is 5.75 Å². The number of aliphatic hydroxyl groups excluding tert-OH is 1. The Morgan fingerprint density at radius 2 is 1.75 bits per heavy atom. The Morgan fingerprint density at radius 3 is 2.44 bits per heavy atom. The fraction of sp³-hybridized carbons (Fsp3) is 0.333. The van der Waals surface area contributed by atoms with E-state index in [4.69, 9.17) is 16.3 Å². The van der Waals surface area contributed by atoms with Gasteiger partial charge in [0.2, 0.25) is 5.91 Å². The number of hydrogen-bond acceptors (Lipinski definition) is 7. The lowest BCUT2D eigenvalue weighted by Gasteiger charge is -2.37. The maximum absolute atomic E-state index is 14.0. The van der Waals surface area contributed by atoms with Crippen LogP contribution in [0, 0.1) is 0 Å². The van der Waals surface area contributed by atoms with Gasteiger partial charge in [0.25, 0.3) is 5.91 Å². The molecule has 0 saturated carbocycles. The molecular formula is C36H40ClN5O6. The number of hydrogen-bond donors (Lipinski definition) is 4. The Labute approximate surface area is 284 Å². The maximum atomic E-state index is 14.0. The number of nitrogens with zero attached hydrogens (tertiary/aromatic N) is 3. The van der Waals surface area contributed by atoms with Crippen molar-refractivity contribution < 1.29 is 29.3 Å². The van der Waals surface area contributed by atoms with E-state index in [0.717, 1.165) is 18.4 Å². The number of benzene rings is 3. The molecule has 1 saturated heterocycles. The summed E-state index contributed by atoms with van der Waals surface area (Å²) in [4.78, 5) is 42.0. The number of aromatic hydroxyl groups is 1. The number of aromatic nitrogens is 2. The zero-order valence-corrected chi connectivity index (χ0v) is 27.9. The van der Waals surface area contributed by atoms with E-state index in [1.54, 1.807) is 85.1 Å². The number of nitrogens with one attached hydrogen (secondary N) is 2. The monoisotopic (exact) mass is 673 g/mol. The van der Waals surface area contributed by atoms with Gasteiger partial charge in [-0.2, -0.15) is 5.10 Å². The maximum Gasteiger partial charge on any atom is 0.408 e. The van der Waals surface area contributed by atoms with E-state index in [2.05, 4.69) is 15.7 Å². The number of likely N-dealkylation sites (tertiary alicyclic amines) is 1. The van der Waals surface area contributed by atoms with E-state index in [1.807, 2.05) is 18.2 Å². The number of carbonyl (C=O) groups excluding carboxylic acids is 3. The van der Waals surface area contributed by atoms with Gasteiger partial charge in [0.15, 0.2) is 0 Å². The van der Waals surface area contributed by atoms with E-state index < -0.39 is 23.8 Å². The van der Waals surface area contributed by atoms with E-state index in [1.165, 1.54) is 6.07 Å². The second-order valence-electron chi connectivity index (χ2n) is 12.6. The molecule has 3 aromatic carbocycles. The molecule has 4 aromatic rings. The second kappa shape index (κ2) is 14.9. The van der Waals surface area contributed by atoms with Crippen molar-refractivity contribution in [2.24, 2.45) is 0 Å². The van der Waals surface area contributed by atoms with Crippen molar-refractivity contribution in [3.63, 3.8) is 0 Å². The third kappa shape index (κ3) is 8.34. The van der Waals surface area contributed by atoms with Crippen molar-refractivity contribution >= 4 is 35.2 Å². The summed E-state index contributed by atoms with van der Waals surface area (Å²) < 4.78 is 7.04. The number of piperidine rings is 1. The summed E-state index contributed by atoms with van der Waals surface area (Å²) in [5.74, 6) is -0.708. The van der Waals surface area contributed by atoms with Gasteiger partial charge < -0.3 is 30.5 Å². The molecule has 1 aliphatic rings. The van der Waals surface area contributed by atoms with Crippen LogP contribution in [0.1, 0.15) is 51.6 Å². The summed E-state index contributed by atoms with van der Waals surface area (Å²) >= 11 is 6.22. The Bertz CT molecular complexity index is 1750. The number of rotatable bonds is 9. The van der Waals surface area contributed by atoms with Crippen LogP contribution in [0.25, 0.3) is 22.4 Å². The van der Waals surface area contributed by atoms with E-state index in [9.17, 15) is 24.6 Å². The van der Waals surface area contributed by atoms with Gasteiger partial charge in [-0.15, -0.1) is 0 Å². The Kier molecular flexibility index (Phi) is 10.7. The molecule has 2 heterocycles. The molecule has 11 nitrogen and oxygen atoms in total. The van der Waals surface area contributed by atoms with Gasteiger partial charge in [-0.1, -0.05) is 54.1 Å². The number of amides is 3. The standard InChI is InChI=1S/C36H40ClN5O6/c1-36(2,3)48-35(47)39-31(24-9-5-4-6-10-24)34(46)42-18-8-7-11-29(42)33(45)38-26-15-12-23(13-16-26)28-22-41(19-20-43)40-32(28)27-21-25(37)14-17-30(27)44/h4-6,9-10,12-17,21-22,29,31,43-44H,7-8,11,18-20H2,1-3H3,(H,38,45)(H,39,47)/t29-,31+/m0/s1. The van der Waals surface area contributed by atoms with Crippen molar-refractivity contribution in [3.05, 3.63) is 89.6 Å². The fourth-order valence-corrected chi connectivity index (χ4v) is 5.87. The normalized spacial score (nSPS) is 15.4. The number of aliphatic hydroxyl groups is 1. The molecule has 0 unspecified atom stereocenters. The molecule has 3 amide bonds. The first kappa shape index (κ1) is 34.5. The van der Waals surface area contributed by atoms with Gasteiger partial charge in [0, 0.05) is 34.6 Å². The minimum atomic E-state index is -1.03. The molecule has 1 aliphatic heterocycles. The Hall–Kier alpha value is -4.87. The average molecular weight is 674 g/mol. The SMILES string of the molecule is CC(C)(C)OC(=O)N[C@@H](C(=O)N1CCCC[C@H]1C(=O)Nc1ccc(-c2cn(CCO)nc2-c2cc(Cl)ccc2O)cc1)c1ccccc1. The average Bonchev–Trinajstić information content (AvgIpc) is 3.48. The van der Waals surface area contributed by atoms with Crippen molar-refractivity contribution in [2.75, 3.05) is 18.5 Å².